The van der Waals surface area contributed by atoms with Crippen molar-refractivity contribution in [3.8, 4) is 62.2 Å². The number of benzene rings is 7. The van der Waals surface area contributed by atoms with E-state index < -0.39 is 0 Å². The molecule has 0 saturated carbocycles. The van der Waals surface area contributed by atoms with Gasteiger partial charge >= 0.3 is 0 Å². The Morgan fingerprint density at radius 2 is 0.929 bits per heavy atom. The molecule has 262 valence electrons. The second kappa shape index (κ2) is 13.2. The van der Waals surface area contributed by atoms with Crippen LogP contribution in [0.2, 0.25) is 0 Å². The number of thiophene rings is 1. The maximum Gasteiger partial charge on any atom is 0.164 e. The third-order valence-corrected chi connectivity index (χ3v) is 11.6. The number of hydrogen-bond donors (Lipinski definition) is 0. The monoisotopic (exact) mass is 734 g/mol. The minimum absolute atomic E-state index is 0.598. The van der Waals surface area contributed by atoms with Gasteiger partial charge in [-0.3, -0.25) is 0 Å². The van der Waals surface area contributed by atoms with Crippen molar-refractivity contribution in [1.82, 2.24) is 29.5 Å². The van der Waals surface area contributed by atoms with Crippen molar-refractivity contribution >= 4 is 53.4 Å². The highest BCUT2D eigenvalue weighted by atomic mass is 32.1. The smallest absolute Gasteiger partial charge is 0.164 e. The molecule has 0 aliphatic carbocycles. The van der Waals surface area contributed by atoms with Gasteiger partial charge in [0.05, 0.1) is 32.6 Å². The Morgan fingerprint density at radius 1 is 0.411 bits per heavy atom. The molecule has 0 unspecified atom stereocenters. The molecule has 4 heterocycles. The quantitative estimate of drug-likeness (QED) is 0.170. The molecule has 0 bridgehead atoms. The summed E-state index contributed by atoms with van der Waals surface area (Å²) in [7, 11) is 0. The van der Waals surface area contributed by atoms with Gasteiger partial charge in [-0.05, 0) is 29.8 Å². The lowest BCUT2D eigenvalue weighted by Gasteiger charge is -2.16. The van der Waals surface area contributed by atoms with Crippen LogP contribution in [0.3, 0.4) is 0 Å². The number of aromatic nitrogens is 6. The van der Waals surface area contributed by atoms with E-state index in [2.05, 4.69) is 155 Å². The van der Waals surface area contributed by atoms with E-state index in [4.69, 9.17) is 19.9 Å². The summed E-state index contributed by atoms with van der Waals surface area (Å²) in [6, 6.07) is 61.2. The number of para-hydroxylation sites is 2. The summed E-state index contributed by atoms with van der Waals surface area (Å²) in [6.45, 7) is 0. The summed E-state index contributed by atoms with van der Waals surface area (Å²) >= 11 is 1.72. The van der Waals surface area contributed by atoms with Crippen molar-refractivity contribution < 1.29 is 0 Å². The summed E-state index contributed by atoms with van der Waals surface area (Å²) < 4.78 is 4.65. The molecule has 4 aromatic heterocycles. The van der Waals surface area contributed by atoms with Crippen molar-refractivity contribution in [2.45, 2.75) is 0 Å². The second-order valence-corrected chi connectivity index (χ2v) is 14.8. The maximum atomic E-state index is 5.18. The van der Waals surface area contributed by atoms with Crippen LogP contribution in [0.15, 0.2) is 182 Å². The van der Waals surface area contributed by atoms with Gasteiger partial charge in [0, 0.05) is 48.7 Å². The van der Waals surface area contributed by atoms with Gasteiger partial charge in [-0.2, -0.15) is 0 Å². The molecule has 11 rings (SSSR count). The fraction of sp³-hybridized carbons (Fsp3) is 0. The minimum atomic E-state index is 0.598. The van der Waals surface area contributed by atoms with Crippen LogP contribution in [0.4, 0.5) is 0 Å². The maximum absolute atomic E-state index is 5.18. The average molecular weight is 735 g/mol. The number of fused-ring (bicyclic) bond motifs is 6. The van der Waals surface area contributed by atoms with Gasteiger partial charge in [-0.15, -0.1) is 11.3 Å². The summed E-state index contributed by atoms with van der Waals surface area (Å²) in [5, 5.41) is 3.57. The fourth-order valence-corrected chi connectivity index (χ4v) is 8.92. The standard InChI is InChI=1S/C49H30N6S/c1-3-13-31(14-4-1)36-28-27-35(29-42(36)55-40-20-10-7-17-37(40)38-18-8-11-21-41(38)55)49-53-47(33-15-5-2-6-16-33)52-48(54-49)34-25-23-32(24-26-34)44-46-45(51-30-50-44)39-19-9-12-22-43(39)56-46/h1-30H. The molecule has 7 aromatic carbocycles. The van der Waals surface area contributed by atoms with Crippen LogP contribution in [0.25, 0.3) is 104 Å². The normalized spacial score (nSPS) is 11.6. The lowest BCUT2D eigenvalue weighted by Crippen LogP contribution is -2.02. The molecule has 0 radical (unpaired) electrons. The molecule has 11 aromatic rings. The van der Waals surface area contributed by atoms with Crippen molar-refractivity contribution in [2.24, 2.45) is 0 Å². The molecular formula is C49H30N6S. The van der Waals surface area contributed by atoms with E-state index in [9.17, 15) is 0 Å². The summed E-state index contributed by atoms with van der Waals surface area (Å²) in [6.07, 6.45) is 1.66. The molecule has 56 heavy (non-hydrogen) atoms. The average Bonchev–Trinajstić information content (AvgIpc) is 3.83. The third kappa shape index (κ3) is 5.36. The van der Waals surface area contributed by atoms with Gasteiger partial charge in [-0.1, -0.05) is 152 Å². The van der Waals surface area contributed by atoms with E-state index in [1.54, 1.807) is 17.7 Å². The van der Waals surface area contributed by atoms with Gasteiger partial charge in [0.25, 0.3) is 0 Å². The van der Waals surface area contributed by atoms with E-state index in [0.29, 0.717) is 17.5 Å². The highest BCUT2D eigenvalue weighted by molar-refractivity contribution is 7.26. The second-order valence-electron chi connectivity index (χ2n) is 13.7. The van der Waals surface area contributed by atoms with Crippen molar-refractivity contribution in [1.29, 1.82) is 0 Å². The van der Waals surface area contributed by atoms with Crippen molar-refractivity contribution in [2.75, 3.05) is 0 Å². The summed E-state index contributed by atoms with van der Waals surface area (Å²) in [5.41, 5.74) is 11.2. The summed E-state index contributed by atoms with van der Waals surface area (Å²) in [5.74, 6) is 1.81. The molecule has 0 fully saturated rings. The third-order valence-electron chi connectivity index (χ3n) is 10.4. The first kappa shape index (κ1) is 32.1. The highest BCUT2D eigenvalue weighted by Gasteiger charge is 2.19. The highest BCUT2D eigenvalue weighted by Crippen LogP contribution is 2.40. The predicted molar refractivity (Wildman–Crippen MR) is 230 cm³/mol. The molecule has 0 aliphatic heterocycles. The SMILES string of the molecule is c1ccc(-c2nc(-c3ccc(-c4ncnc5c4sc4ccccc45)cc3)nc(-c3ccc(-c4ccccc4)c(-n4c5ccccc5c5ccccc54)c3)n2)cc1. The minimum Gasteiger partial charge on any atom is -0.309 e. The van der Waals surface area contributed by atoms with Gasteiger partial charge in [0.1, 0.15) is 6.33 Å². The van der Waals surface area contributed by atoms with Gasteiger partial charge in [-0.25, -0.2) is 24.9 Å². The first-order valence-electron chi connectivity index (χ1n) is 18.5. The van der Waals surface area contributed by atoms with E-state index in [1.165, 1.54) is 15.5 Å². The lowest BCUT2D eigenvalue weighted by atomic mass is 10.0. The Balaban J connectivity index is 1.08. The van der Waals surface area contributed by atoms with Crippen LogP contribution in [0.1, 0.15) is 0 Å². The Hall–Kier alpha value is -7.35. The van der Waals surface area contributed by atoms with E-state index in [0.717, 1.165) is 71.4 Å². The van der Waals surface area contributed by atoms with Crippen LogP contribution in [0.5, 0.6) is 0 Å². The van der Waals surface area contributed by atoms with Gasteiger partial charge in [0.2, 0.25) is 0 Å². The number of nitrogens with zero attached hydrogens (tertiary/aromatic N) is 6. The van der Waals surface area contributed by atoms with Crippen LogP contribution < -0.4 is 0 Å². The van der Waals surface area contributed by atoms with E-state index in [1.807, 2.05) is 30.3 Å². The Kier molecular flexibility index (Phi) is 7.57. The molecule has 0 amide bonds. The largest absolute Gasteiger partial charge is 0.309 e. The molecule has 7 heteroatoms. The van der Waals surface area contributed by atoms with Gasteiger partial charge < -0.3 is 4.57 Å². The van der Waals surface area contributed by atoms with E-state index >= 15 is 0 Å². The van der Waals surface area contributed by atoms with Gasteiger partial charge in [0.15, 0.2) is 17.5 Å². The molecule has 0 aliphatic rings. The molecular weight excluding hydrogens is 705 g/mol. The number of hydrogen-bond acceptors (Lipinski definition) is 6. The van der Waals surface area contributed by atoms with Crippen LogP contribution in [-0.4, -0.2) is 29.5 Å². The molecule has 6 nitrogen and oxygen atoms in total. The fourth-order valence-electron chi connectivity index (χ4n) is 7.76. The predicted octanol–water partition coefficient (Wildman–Crippen LogP) is 12.5. The van der Waals surface area contributed by atoms with Crippen LogP contribution in [0, 0.1) is 0 Å². The zero-order valence-corrected chi connectivity index (χ0v) is 30.7. The summed E-state index contributed by atoms with van der Waals surface area (Å²) in [4.78, 5) is 24.7. The first-order chi connectivity index (χ1) is 27.8. The topological polar surface area (TPSA) is 69.4 Å². The van der Waals surface area contributed by atoms with Crippen molar-refractivity contribution in [3.05, 3.63) is 182 Å². The van der Waals surface area contributed by atoms with Crippen LogP contribution >= 0.6 is 11.3 Å². The molecule has 0 saturated heterocycles. The Bertz CT molecular complexity index is 3190. The molecule has 0 atom stereocenters. The van der Waals surface area contributed by atoms with E-state index in [-0.39, 0.29) is 0 Å². The zero-order valence-electron chi connectivity index (χ0n) is 29.9. The molecule has 0 N–H and O–H groups in total. The Labute approximate surface area is 326 Å². The molecule has 0 spiro atoms. The number of rotatable bonds is 6. The first-order valence-corrected chi connectivity index (χ1v) is 19.3. The lowest BCUT2D eigenvalue weighted by molar-refractivity contribution is 1.07. The van der Waals surface area contributed by atoms with Crippen molar-refractivity contribution in [3.63, 3.8) is 0 Å². The Morgan fingerprint density at radius 3 is 1.61 bits per heavy atom. The zero-order chi connectivity index (χ0) is 37.0. The van der Waals surface area contributed by atoms with Crippen LogP contribution in [-0.2, 0) is 0 Å².